The molecule has 0 atom stereocenters. The van der Waals surface area contributed by atoms with Crippen molar-refractivity contribution in [2.24, 2.45) is 0 Å². The Morgan fingerprint density at radius 3 is 2.71 bits per heavy atom. The van der Waals surface area contributed by atoms with Gasteiger partial charge in [0.25, 0.3) is 0 Å². The lowest BCUT2D eigenvalue weighted by Crippen LogP contribution is -2.14. The van der Waals surface area contributed by atoms with E-state index >= 15 is 0 Å². The third-order valence-electron chi connectivity index (χ3n) is 2.34. The first kappa shape index (κ1) is 13.8. The number of benzene rings is 1. The van der Waals surface area contributed by atoms with E-state index in [1.807, 2.05) is 32.0 Å². The van der Waals surface area contributed by atoms with Crippen molar-refractivity contribution in [1.29, 1.82) is 0 Å². The topological polar surface area (TPSA) is 21.3 Å². The fourth-order valence-corrected chi connectivity index (χ4v) is 1.60. The van der Waals surface area contributed by atoms with Gasteiger partial charge in [0.2, 0.25) is 0 Å². The first-order chi connectivity index (χ1) is 8.13. The van der Waals surface area contributed by atoms with Crippen LogP contribution in [-0.4, -0.2) is 19.2 Å². The Morgan fingerprint density at radius 2 is 2.06 bits per heavy atom. The summed E-state index contributed by atoms with van der Waals surface area (Å²) in [5.41, 5.74) is 2.46. The Bertz CT molecular complexity index is 369. The standard InChI is InChI=1S/C15H23NO/c1-5-16-11-13(4)10-14-8-6-7-9-15(14)17-12(2)3/h6-10,12,16H,5,11H2,1-4H3. The lowest BCUT2D eigenvalue weighted by molar-refractivity contribution is 0.242. The zero-order valence-corrected chi connectivity index (χ0v) is 11.3. The first-order valence-corrected chi connectivity index (χ1v) is 6.27. The third kappa shape index (κ3) is 5.05. The van der Waals surface area contributed by atoms with Crippen molar-refractivity contribution in [3.63, 3.8) is 0 Å². The summed E-state index contributed by atoms with van der Waals surface area (Å²) in [5, 5.41) is 3.32. The Hall–Kier alpha value is -1.28. The highest BCUT2D eigenvalue weighted by Crippen LogP contribution is 2.21. The van der Waals surface area contributed by atoms with Gasteiger partial charge in [0.05, 0.1) is 6.10 Å². The lowest BCUT2D eigenvalue weighted by Gasteiger charge is -2.12. The number of para-hydroxylation sites is 1. The smallest absolute Gasteiger partial charge is 0.126 e. The Labute approximate surface area is 105 Å². The summed E-state index contributed by atoms with van der Waals surface area (Å²) in [6.45, 7) is 10.3. The molecule has 0 saturated heterocycles. The Balaban J connectivity index is 2.81. The second-order valence-corrected chi connectivity index (χ2v) is 4.48. The van der Waals surface area contributed by atoms with Crippen molar-refractivity contribution >= 4 is 6.08 Å². The number of rotatable bonds is 6. The summed E-state index contributed by atoms with van der Waals surface area (Å²) >= 11 is 0. The van der Waals surface area contributed by atoms with E-state index in [1.165, 1.54) is 5.57 Å². The molecule has 2 nitrogen and oxygen atoms in total. The Kier molecular flexibility index (Phi) is 5.78. The van der Waals surface area contributed by atoms with Gasteiger partial charge in [-0.2, -0.15) is 0 Å². The molecule has 1 aromatic rings. The van der Waals surface area contributed by atoms with Crippen LogP contribution >= 0.6 is 0 Å². The van der Waals surface area contributed by atoms with Gasteiger partial charge in [-0.3, -0.25) is 0 Å². The highest BCUT2D eigenvalue weighted by Gasteiger charge is 2.02. The molecule has 0 radical (unpaired) electrons. The van der Waals surface area contributed by atoms with Gasteiger partial charge in [-0.1, -0.05) is 36.8 Å². The summed E-state index contributed by atoms with van der Waals surface area (Å²) in [5.74, 6) is 0.957. The number of hydrogen-bond acceptors (Lipinski definition) is 2. The molecule has 0 amide bonds. The van der Waals surface area contributed by atoms with Crippen molar-refractivity contribution in [3.8, 4) is 5.75 Å². The van der Waals surface area contributed by atoms with Crippen LogP contribution in [0.1, 0.15) is 33.3 Å². The molecule has 0 aromatic heterocycles. The largest absolute Gasteiger partial charge is 0.490 e. The van der Waals surface area contributed by atoms with E-state index < -0.39 is 0 Å². The molecular formula is C15H23NO. The molecule has 0 spiro atoms. The van der Waals surface area contributed by atoms with Gasteiger partial charge in [-0.15, -0.1) is 0 Å². The van der Waals surface area contributed by atoms with E-state index in [9.17, 15) is 0 Å². The fraction of sp³-hybridized carbons (Fsp3) is 0.467. The lowest BCUT2D eigenvalue weighted by atomic mass is 10.1. The maximum absolute atomic E-state index is 5.79. The van der Waals surface area contributed by atoms with Gasteiger partial charge in [-0.25, -0.2) is 0 Å². The average Bonchev–Trinajstić information content (AvgIpc) is 2.28. The molecule has 0 fully saturated rings. The van der Waals surface area contributed by atoms with Crippen LogP contribution in [0.5, 0.6) is 5.75 Å². The molecule has 0 aliphatic carbocycles. The minimum atomic E-state index is 0.207. The van der Waals surface area contributed by atoms with Gasteiger partial charge in [0, 0.05) is 12.1 Å². The molecule has 0 bridgehead atoms. The molecular weight excluding hydrogens is 210 g/mol. The Morgan fingerprint density at radius 1 is 1.35 bits per heavy atom. The van der Waals surface area contributed by atoms with E-state index in [-0.39, 0.29) is 6.10 Å². The molecule has 0 aliphatic heterocycles. The van der Waals surface area contributed by atoms with Crippen LogP contribution in [0, 0.1) is 0 Å². The minimum absolute atomic E-state index is 0.207. The summed E-state index contributed by atoms with van der Waals surface area (Å²) in [6.07, 6.45) is 2.39. The van der Waals surface area contributed by atoms with Crippen molar-refractivity contribution in [1.82, 2.24) is 5.32 Å². The second-order valence-electron chi connectivity index (χ2n) is 4.48. The molecule has 0 aliphatic rings. The molecule has 0 unspecified atom stereocenters. The van der Waals surface area contributed by atoms with Crippen molar-refractivity contribution < 1.29 is 4.74 Å². The molecule has 94 valence electrons. The van der Waals surface area contributed by atoms with Gasteiger partial charge in [0.1, 0.15) is 5.75 Å². The second kappa shape index (κ2) is 7.13. The predicted octanol–water partition coefficient (Wildman–Crippen LogP) is 3.49. The zero-order valence-electron chi connectivity index (χ0n) is 11.3. The van der Waals surface area contributed by atoms with Crippen LogP contribution in [-0.2, 0) is 0 Å². The van der Waals surface area contributed by atoms with Crippen LogP contribution in [0.15, 0.2) is 29.8 Å². The number of hydrogen-bond donors (Lipinski definition) is 1. The normalized spacial score (nSPS) is 11.9. The summed E-state index contributed by atoms with van der Waals surface area (Å²) in [7, 11) is 0. The van der Waals surface area contributed by atoms with E-state index in [4.69, 9.17) is 4.74 Å². The predicted molar refractivity (Wildman–Crippen MR) is 74.4 cm³/mol. The maximum atomic E-state index is 5.79. The van der Waals surface area contributed by atoms with E-state index in [0.717, 1.165) is 24.4 Å². The maximum Gasteiger partial charge on any atom is 0.126 e. The fourth-order valence-electron chi connectivity index (χ4n) is 1.60. The minimum Gasteiger partial charge on any atom is -0.490 e. The zero-order chi connectivity index (χ0) is 12.7. The third-order valence-corrected chi connectivity index (χ3v) is 2.34. The molecule has 0 saturated carbocycles. The molecule has 2 heteroatoms. The molecule has 0 heterocycles. The molecule has 1 N–H and O–H groups in total. The van der Waals surface area contributed by atoms with Gasteiger partial charge >= 0.3 is 0 Å². The number of ether oxygens (including phenoxy) is 1. The van der Waals surface area contributed by atoms with Crippen molar-refractivity contribution in [3.05, 3.63) is 35.4 Å². The van der Waals surface area contributed by atoms with Gasteiger partial charge in [-0.05, 0) is 33.4 Å². The van der Waals surface area contributed by atoms with Crippen molar-refractivity contribution in [2.45, 2.75) is 33.8 Å². The van der Waals surface area contributed by atoms with Gasteiger partial charge in [0.15, 0.2) is 0 Å². The number of nitrogens with one attached hydrogen (secondary N) is 1. The average molecular weight is 233 g/mol. The van der Waals surface area contributed by atoms with E-state index in [2.05, 4.69) is 31.3 Å². The summed E-state index contributed by atoms with van der Waals surface area (Å²) in [4.78, 5) is 0. The van der Waals surface area contributed by atoms with Crippen LogP contribution in [0.3, 0.4) is 0 Å². The summed E-state index contributed by atoms with van der Waals surface area (Å²) in [6, 6.07) is 8.16. The molecule has 17 heavy (non-hydrogen) atoms. The highest BCUT2D eigenvalue weighted by molar-refractivity contribution is 5.59. The number of likely N-dealkylation sites (N-methyl/N-ethyl adjacent to an activating group) is 1. The SMILES string of the molecule is CCNCC(C)=Cc1ccccc1OC(C)C. The summed E-state index contributed by atoms with van der Waals surface area (Å²) < 4.78 is 5.79. The van der Waals surface area contributed by atoms with Crippen LogP contribution < -0.4 is 10.1 Å². The molecule has 1 aromatic carbocycles. The quantitative estimate of drug-likeness (QED) is 0.812. The van der Waals surface area contributed by atoms with E-state index in [0.29, 0.717) is 0 Å². The van der Waals surface area contributed by atoms with Crippen LogP contribution in [0.25, 0.3) is 6.08 Å². The highest BCUT2D eigenvalue weighted by atomic mass is 16.5. The van der Waals surface area contributed by atoms with Crippen LogP contribution in [0.2, 0.25) is 0 Å². The monoisotopic (exact) mass is 233 g/mol. The van der Waals surface area contributed by atoms with Crippen LogP contribution in [0.4, 0.5) is 0 Å². The van der Waals surface area contributed by atoms with Gasteiger partial charge < -0.3 is 10.1 Å². The van der Waals surface area contributed by atoms with Crippen molar-refractivity contribution in [2.75, 3.05) is 13.1 Å². The molecule has 1 rings (SSSR count). The first-order valence-electron chi connectivity index (χ1n) is 6.27. The van der Waals surface area contributed by atoms with E-state index in [1.54, 1.807) is 0 Å².